The highest BCUT2D eigenvalue weighted by Crippen LogP contribution is 2.47. The van der Waals surface area contributed by atoms with Crippen LogP contribution in [0.3, 0.4) is 0 Å². The third-order valence-corrected chi connectivity index (χ3v) is 7.13. The Morgan fingerprint density at radius 2 is 1.83 bits per heavy atom. The molecule has 0 spiro atoms. The van der Waals surface area contributed by atoms with E-state index in [2.05, 4.69) is 11.9 Å². The minimum Gasteiger partial charge on any atom is -0.496 e. The smallest absolute Gasteiger partial charge is 0.338 e. The molecule has 1 aromatic carbocycles. The molecule has 0 N–H and O–H groups in total. The van der Waals surface area contributed by atoms with Crippen molar-refractivity contribution in [1.29, 1.82) is 0 Å². The summed E-state index contributed by atoms with van der Waals surface area (Å²) in [6.45, 7) is 10.5. The Bertz CT molecular complexity index is 1100. The molecule has 1 amide bonds. The van der Waals surface area contributed by atoms with E-state index >= 15 is 0 Å². The van der Waals surface area contributed by atoms with Crippen molar-refractivity contribution in [3.05, 3.63) is 52.2 Å². The number of amides is 1. The quantitative estimate of drug-likeness (QED) is 0.572. The minimum atomic E-state index is -0.657. The number of fused-ring (bicyclic) bond motifs is 1. The summed E-state index contributed by atoms with van der Waals surface area (Å²) in [4.78, 5) is 37.6. The van der Waals surface area contributed by atoms with Crippen LogP contribution >= 0.6 is 11.8 Å². The Morgan fingerprint density at radius 1 is 1.14 bits per heavy atom. The van der Waals surface area contributed by atoms with Gasteiger partial charge in [0.15, 0.2) is 5.17 Å². The summed E-state index contributed by atoms with van der Waals surface area (Å²) in [5, 5.41) is 2.72. The second kappa shape index (κ2) is 10.1. The molecule has 3 aliphatic heterocycles. The minimum absolute atomic E-state index is 0.0788. The molecule has 4 rings (SSSR count). The van der Waals surface area contributed by atoms with Gasteiger partial charge >= 0.3 is 5.97 Å². The molecular weight excluding hydrogens is 464 g/mol. The summed E-state index contributed by atoms with van der Waals surface area (Å²) in [5.41, 5.74) is 2.04. The maximum absolute atomic E-state index is 13.5. The van der Waals surface area contributed by atoms with Gasteiger partial charge in [-0.1, -0.05) is 30.0 Å². The fraction of sp³-hybridized carbons (Fsp3) is 0.500. The summed E-state index contributed by atoms with van der Waals surface area (Å²) in [7, 11) is 3.69. The first-order valence-corrected chi connectivity index (χ1v) is 12.7. The van der Waals surface area contributed by atoms with E-state index in [1.807, 2.05) is 67.2 Å². The van der Waals surface area contributed by atoms with Gasteiger partial charge in [-0.2, -0.15) is 0 Å². The van der Waals surface area contributed by atoms with Gasteiger partial charge in [0.05, 0.1) is 30.8 Å². The number of aliphatic imine (C=N–C) groups is 1. The molecule has 1 saturated heterocycles. The number of esters is 1. The number of ether oxygens (including phenoxy) is 2. The number of likely N-dealkylation sites (N-methyl/N-ethyl adjacent to an activating group) is 1. The number of carbonyl (C=O) groups is 2. The second-order valence-electron chi connectivity index (χ2n) is 10.00. The molecule has 188 valence electrons. The predicted molar refractivity (Wildman–Crippen MR) is 138 cm³/mol. The lowest BCUT2D eigenvalue weighted by Gasteiger charge is -2.38. The molecule has 8 nitrogen and oxygen atoms in total. The Balaban J connectivity index is 1.71. The standard InChI is InChI=1S/C26H34N4O4S/c1-17-22(24(32)34-26(2,3)4)23(19-9-7-8-10-20(19)33-6)30-18(16-35-25(30)27-17)15-21(31)29-13-11-28(5)12-14-29/h7-10,16,23H,11-15H2,1-6H3. The number of para-hydroxylation sites is 1. The predicted octanol–water partition coefficient (Wildman–Crippen LogP) is 3.78. The average molecular weight is 499 g/mol. The summed E-state index contributed by atoms with van der Waals surface area (Å²) in [5.74, 6) is 0.319. The number of hydrogen-bond donors (Lipinski definition) is 0. The van der Waals surface area contributed by atoms with Crippen LogP contribution in [0.4, 0.5) is 0 Å². The fourth-order valence-electron chi connectivity index (χ4n) is 4.47. The van der Waals surface area contributed by atoms with Crippen molar-refractivity contribution in [2.75, 3.05) is 40.3 Å². The zero-order valence-corrected chi connectivity index (χ0v) is 22.1. The molecular formula is C26H34N4O4S. The molecule has 0 saturated carbocycles. The van der Waals surface area contributed by atoms with Crippen LogP contribution in [0.15, 0.2) is 51.6 Å². The molecule has 1 aromatic rings. The van der Waals surface area contributed by atoms with Crippen LogP contribution in [0.5, 0.6) is 5.75 Å². The van der Waals surface area contributed by atoms with Crippen LogP contribution in [-0.2, 0) is 14.3 Å². The average Bonchev–Trinajstić information content (AvgIpc) is 3.19. The number of allylic oxidation sites excluding steroid dienone is 1. The van der Waals surface area contributed by atoms with Crippen molar-refractivity contribution in [1.82, 2.24) is 14.7 Å². The molecule has 0 radical (unpaired) electrons. The number of amidine groups is 1. The highest BCUT2D eigenvalue weighted by Gasteiger charge is 2.43. The van der Waals surface area contributed by atoms with Gasteiger partial charge in [0.25, 0.3) is 0 Å². The monoisotopic (exact) mass is 498 g/mol. The first kappa shape index (κ1) is 25.3. The fourth-order valence-corrected chi connectivity index (χ4v) is 5.44. The van der Waals surface area contributed by atoms with Gasteiger partial charge in [0, 0.05) is 37.4 Å². The van der Waals surface area contributed by atoms with Crippen molar-refractivity contribution in [2.45, 2.75) is 45.8 Å². The number of carbonyl (C=O) groups excluding carboxylic acids is 2. The first-order valence-electron chi connectivity index (χ1n) is 11.9. The number of methoxy groups -OCH3 is 1. The zero-order chi connectivity index (χ0) is 25.3. The third-order valence-electron chi connectivity index (χ3n) is 6.24. The van der Waals surface area contributed by atoms with Gasteiger partial charge in [0.2, 0.25) is 5.91 Å². The van der Waals surface area contributed by atoms with Crippen molar-refractivity contribution in [2.24, 2.45) is 4.99 Å². The number of benzene rings is 1. The molecule has 1 unspecified atom stereocenters. The van der Waals surface area contributed by atoms with E-state index in [1.165, 1.54) is 11.8 Å². The summed E-state index contributed by atoms with van der Waals surface area (Å²) in [6.07, 6.45) is 0.238. The van der Waals surface area contributed by atoms with Crippen LogP contribution < -0.4 is 4.74 Å². The normalized spacial score (nSPS) is 20.9. The number of thioether (sulfide) groups is 1. The van der Waals surface area contributed by atoms with Crippen molar-refractivity contribution in [3.8, 4) is 5.75 Å². The van der Waals surface area contributed by atoms with Crippen LogP contribution in [0.1, 0.15) is 45.7 Å². The van der Waals surface area contributed by atoms with Gasteiger partial charge < -0.3 is 24.2 Å². The topological polar surface area (TPSA) is 74.7 Å². The number of hydrogen-bond acceptors (Lipinski definition) is 8. The Morgan fingerprint density at radius 3 is 2.49 bits per heavy atom. The number of rotatable bonds is 5. The highest BCUT2D eigenvalue weighted by molar-refractivity contribution is 8.16. The Labute approximate surface area is 211 Å². The van der Waals surface area contributed by atoms with Crippen LogP contribution in [0.2, 0.25) is 0 Å². The van der Waals surface area contributed by atoms with E-state index < -0.39 is 17.6 Å². The number of piperazine rings is 1. The maximum Gasteiger partial charge on any atom is 0.338 e. The summed E-state index contributed by atoms with van der Waals surface area (Å²) in [6, 6.07) is 7.14. The van der Waals surface area contributed by atoms with Crippen molar-refractivity contribution >= 4 is 28.8 Å². The van der Waals surface area contributed by atoms with E-state index in [-0.39, 0.29) is 12.3 Å². The van der Waals surface area contributed by atoms with Gasteiger partial charge in [-0.3, -0.25) is 4.79 Å². The van der Waals surface area contributed by atoms with Gasteiger partial charge in [-0.15, -0.1) is 0 Å². The lowest BCUT2D eigenvalue weighted by Crippen LogP contribution is -2.47. The molecule has 1 atom stereocenters. The summed E-state index contributed by atoms with van der Waals surface area (Å²) < 4.78 is 11.5. The van der Waals surface area contributed by atoms with Crippen LogP contribution in [0, 0.1) is 0 Å². The second-order valence-corrected chi connectivity index (χ2v) is 10.8. The number of nitrogens with zero attached hydrogens (tertiary/aromatic N) is 4. The van der Waals surface area contributed by atoms with E-state index in [4.69, 9.17) is 14.5 Å². The van der Waals surface area contributed by atoms with Gasteiger partial charge in [0.1, 0.15) is 11.4 Å². The molecule has 1 fully saturated rings. The van der Waals surface area contributed by atoms with Gasteiger partial charge in [-0.05, 0) is 46.2 Å². The molecule has 3 aliphatic rings. The third kappa shape index (κ3) is 5.41. The maximum atomic E-state index is 13.5. The molecule has 0 aliphatic carbocycles. The van der Waals surface area contributed by atoms with E-state index in [0.717, 1.165) is 42.6 Å². The largest absolute Gasteiger partial charge is 0.496 e. The van der Waals surface area contributed by atoms with E-state index in [1.54, 1.807) is 7.11 Å². The zero-order valence-electron chi connectivity index (χ0n) is 21.3. The van der Waals surface area contributed by atoms with Crippen molar-refractivity contribution in [3.63, 3.8) is 0 Å². The molecule has 0 bridgehead atoms. The molecule has 3 heterocycles. The lowest BCUT2D eigenvalue weighted by atomic mass is 9.93. The van der Waals surface area contributed by atoms with Crippen LogP contribution in [0.25, 0.3) is 0 Å². The van der Waals surface area contributed by atoms with Crippen LogP contribution in [-0.4, -0.2) is 77.7 Å². The summed E-state index contributed by atoms with van der Waals surface area (Å²) >= 11 is 1.47. The highest BCUT2D eigenvalue weighted by atomic mass is 32.2. The first-order chi connectivity index (χ1) is 16.6. The Kier molecular flexibility index (Phi) is 7.28. The molecule has 35 heavy (non-hydrogen) atoms. The SMILES string of the molecule is COc1ccccc1C1C(C(=O)OC(C)(C)C)=C(C)N=C2SC=C(CC(=O)N3CCN(C)CC3)N21. The van der Waals surface area contributed by atoms with E-state index in [9.17, 15) is 9.59 Å². The van der Waals surface area contributed by atoms with Crippen molar-refractivity contribution < 1.29 is 19.1 Å². The molecule has 0 aromatic heterocycles. The Hall–Kier alpha value is -2.78. The van der Waals surface area contributed by atoms with Gasteiger partial charge in [-0.25, -0.2) is 9.79 Å². The molecule has 9 heteroatoms. The van der Waals surface area contributed by atoms with E-state index in [0.29, 0.717) is 17.0 Å². The lowest BCUT2D eigenvalue weighted by molar-refractivity contribution is -0.150.